The molecule has 60 valence electrons. The van der Waals surface area contributed by atoms with Gasteiger partial charge in [-0.1, -0.05) is 5.57 Å². The van der Waals surface area contributed by atoms with Crippen molar-refractivity contribution in [1.29, 1.82) is 0 Å². The van der Waals surface area contributed by atoms with Crippen LogP contribution in [-0.2, 0) is 7.05 Å². The highest BCUT2D eigenvalue weighted by molar-refractivity contribution is 5.48. The number of imidazole rings is 1. The Morgan fingerprint density at radius 3 is 3.00 bits per heavy atom. The van der Waals surface area contributed by atoms with E-state index in [0.717, 1.165) is 11.3 Å². The van der Waals surface area contributed by atoms with Crippen molar-refractivity contribution in [3.8, 4) is 0 Å². The lowest BCUT2D eigenvalue weighted by atomic mass is 10.2. The van der Waals surface area contributed by atoms with Gasteiger partial charge in [-0.15, -0.1) is 0 Å². The third kappa shape index (κ3) is 1.91. The van der Waals surface area contributed by atoms with Gasteiger partial charge in [0, 0.05) is 13.6 Å². The molecule has 1 aromatic rings. The van der Waals surface area contributed by atoms with Gasteiger partial charge in [0.15, 0.2) is 0 Å². The molecule has 1 aromatic heterocycles. The molecule has 0 atom stereocenters. The van der Waals surface area contributed by atoms with E-state index >= 15 is 0 Å². The van der Waals surface area contributed by atoms with Crippen molar-refractivity contribution in [2.24, 2.45) is 12.8 Å². The molecule has 0 saturated carbocycles. The van der Waals surface area contributed by atoms with Gasteiger partial charge in [0.1, 0.15) is 0 Å². The molecule has 3 heteroatoms. The molecule has 0 fully saturated rings. The third-order valence-corrected chi connectivity index (χ3v) is 1.57. The number of hydrogen-bond donors (Lipinski definition) is 1. The minimum atomic E-state index is 0.602. The molecule has 11 heavy (non-hydrogen) atoms. The molecule has 0 radical (unpaired) electrons. The summed E-state index contributed by atoms with van der Waals surface area (Å²) in [5, 5.41) is 0. The van der Waals surface area contributed by atoms with Gasteiger partial charge in [-0.05, 0) is 13.0 Å². The highest BCUT2D eigenvalue weighted by atomic mass is 15.0. The molecule has 0 aliphatic heterocycles. The van der Waals surface area contributed by atoms with Crippen LogP contribution in [0.3, 0.4) is 0 Å². The minimum absolute atomic E-state index is 0.602. The highest BCUT2D eigenvalue weighted by Gasteiger charge is 1.92. The summed E-state index contributed by atoms with van der Waals surface area (Å²) in [6, 6.07) is 0. The van der Waals surface area contributed by atoms with Crippen LogP contribution in [0.2, 0.25) is 0 Å². The van der Waals surface area contributed by atoms with Crippen LogP contribution in [-0.4, -0.2) is 16.1 Å². The van der Waals surface area contributed by atoms with E-state index < -0.39 is 0 Å². The monoisotopic (exact) mass is 151 g/mol. The molecule has 0 aliphatic rings. The summed E-state index contributed by atoms with van der Waals surface area (Å²) in [4.78, 5) is 3.99. The van der Waals surface area contributed by atoms with Crippen molar-refractivity contribution in [2.75, 3.05) is 6.54 Å². The largest absolute Gasteiger partial charge is 0.334 e. The zero-order chi connectivity index (χ0) is 8.27. The average molecular weight is 151 g/mol. The zero-order valence-corrected chi connectivity index (χ0v) is 6.91. The second kappa shape index (κ2) is 3.34. The van der Waals surface area contributed by atoms with Crippen molar-refractivity contribution in [3.05, 3.63) is 23.8 Å². The highest BCUT2D eigenvalue weighted by Crippen LogP contribution is 2.02. The fourth-order valence-electron chi connectivity index (χ4n) is 0.818. The molecule has 3 nitrogen and oxygen atoms in total. The molecular weight excluding hydrogens is 138 g/mol. The number of aromatic nitrogens is 2. The normalized spacial score (nSPS) is 12.1. The summed E-state index contributed by atoms with van der Waals surface area (Å²) in [5.41, 5.74) is 7.69. The van der Waals surface area contributed by atoms with E-state index in [1.165, 1.54) is 0 Å². The van der Waals surface area contributed by atoms with E-state index in [4.69, 9.17) is 5.73 Å². The van der Waals surface area contributed by atoms with Gasteiger partial charge in [0.25, 0.3) is 0 Å². The Balaban J connectivity index is 2.86. The Hall–Kier alpha value is -1.09. The lowest BCUT2D eigenvalue weighted by molar-refractivity contribution is 0.900. The summed E-state index contributed by atoms with van der Waals surface area (Å²) in [6.45, 7) is 2.61. The first kappa shape index (κ1) is 8.01. The van der Waals surface area contributed by atoms with Crippen LogP contribution in [0.4, 0.5) is 0 Å². The predicted molar refractivity (Wildman–Crippen MR) is 45.9 cm³/mol. The quantitative estimate of drug-likeness (QED) is 0.679. The molecule has 0 bridgehead atoms. The lowest BCUT2D eigenvalue weighted by Gasteiger charge is -1.96. The summed E-state index contributed by atoms with van der Waals surface area (Å²) < 4.78 is 1.96. The Labute approximate surface area is 66.5 Å². The first-order valence-electron chi connectivity index (χ1n) is 3.57. The SMILES string of the molecule is CC(=Cc1cncn1C)CN. The topological polar surface area (TPSA) is 43.8 Å². The molecule has 0 aliphatic carbocycles. The number of nitrogens with two attached hydrogens (primary N) is 1. The number of hydrogen-bond acceptors (Lipinski definition) is 2. The van der Waals surface area contributed by atoms with Gasteiger partial charge in [-0.2, -0.15) is 0 Å². The minimum Gasteiger partial charge on any atom is -0.334 e. The molecule has 1 rings (SSSR count). The molecule has 0 spiro atoms. The molecule has 0 saturated heterocycles. The van der Waals surface area contributed by atoms with E-state index in [-0.39, 0.29) is 0 Å². The first-order valence-corrected chi connectivity index (χ1v) is 3.57. The van der Waals surface area contributed by atoms with Crippen LogP contribution < -0.4 is 5.73 Å². The maximum Gasteiger partial charge on any atom is 0.0948 e. The second-order valence-corrected chi connectivity index (χ2v) is 2.62. The van der Waals surface area contributed by atoms with Gasteiger partial charge in [-0.25, -0.2) is 4.98 Å². The van der Waals surface area contributed by atoms with Crippen LogP contribution >= 0.6 is 0 Å². The predicted octanol–water partition coefficient (Wildman–Crippen LogP) is 0.782. The van der Waals surface area contributed by atoms with Crippen LogP contribution in [0.5, 0.6) is 0 Å². The van der Waals surface area contributed by atoms with Crippen molar-refractivity contribution >= 4 is 6.08 Å². The van der Waals surface area contributed by atoms with E-state index in [2.05, 4.69) is 4.98 Å². The number of aryl methyl sites for hydroxylation is 1. The van der Waals surface area contributed by atoms with Crippen LogP contribution in [0.15, 0.2) is 18.1 Å². The smallest absolute Gasteiger partial charge is 0.0948 e. The molecule has 0 aromatic carbocycles. The van der Waals surface area contributed by atoms with Gasteiger partial charge >= 0.3 is 0 Å². The van der Waals surface area contributed by atoms with Gasteiger partial charge in [-0.3, -0.25) is 0 Å². The molecule has 1 heterocycles. The summed E-state index contributed by atoms with van der Waals surface area (Å²) in [7, 11) is 1.96. The van der Waals surface area contributed by atoms with Gasteiger partial charge < -0.3 is 10.3 Å². The molecular formula is C8H13N3. The summed E-state index contributed by atoms with van der Waals surface area (Å²) >= 11 is 0. The average Bonchev–Trinajstić information content (AvgIpc) is 2.37. The van der Waals surface area contributed by atoms with Gasteiger partial charge in [0.2, 0.25) is 0 Å². The van der Waals surface area contributed by atoms with Gasteiger partial charge in [0.05, 0.1) is 18.2 Å². The van der Waals surface area contributed by atoms with Crippen molar-refractivity contribution in [1.82, 2.24) is 9.55 Å². The van der Waals surface area contributed by atoms with E-state index in [1.807, 2.05) is 30.8 Å². The van der Waals surface area contributed by atoms with E-state index in [1.54, 1.807) is 6.33 Å². The Morgan fingerprint density at radius 1 is 1.82 bits per heavy atom. The fourth-order valence-corrected chi connectivity index (χ4v) is 0.818. The molecule has 0 amide bonds. The Morgan fingerprint density at radius 2 is 2.55 bits per heavy atom. The second-order valence-electron chi connectivity index (χ2n) is 2.62. The summed E-state index contributed by atoms with van der Waals surface area (Å²) in [6.07, 6.45) is 5.63. The lowest BCUT2D eigenvalue weighted by Crippen LogP contribution is -2.00. The Kier molecular flexibility index (Phi) is 2.44. The van der Waals surface area contributed by atoms with Crippen molar-refractivity contribution in [2.45, 2.75) is 6.92 Å². The molecule has 2 N–H and O–H groups in total. The Bertz CT molecular complexity index is 260. The van der Waals surface area contributed by atoms with E-state index in [0.29, 0.717) is 6.54 Å². The number of rotatable bonds is 2. The standard InChI is InChI=1S/C8H13N3/c1-7(4-9)3-8-5-10-6-11(8)2/h3,5-6H,4,9H2,1-2H3. The maximum atomic E-state index is 5.44. The van der Waals surface area contributed by atoms with Crippen LogP contribution in [0.1, 0.15) is 12.6 Å². The molecule has 0 unspecified atom stereocenters. The summed E-state index contributed by atoms with van der Waals surface area (Å²) in [5.74, 6) is 0. The van der Waals surface area contributed by atoms with Crippen LogP contribution in [0.25, 0.3) is 6.08 Å². The van der Waals surface area contributed by atoms with E-state index in [9.17, 15) is 0 Å². The van der Waals surface area contributed by atoms with Crippen LogP contribution in [0, 0.1) is 0 Å². The zero-order valence-electron chi connectivity index (χ0n) is 6.91. The fraction of sp³-hybridized carbons (Fsp3) is 0.375. The van der Waals surface area contributed by atoms with Crippen molar-refractivity contribution in [3.63, 3.8) is 0 Å². The first-order chi connectivity index (χ1) is 5.24. The number of nitrogens with zero attached hydrogens (tertiary/aromatic N) is 2. The maximum absolute atomic E-state index is 5.44. The third-order valence-electron chi connectivity index (χ3n) is 1.57. The van der Waals surface area contributed by atoms with Crippen molar-refractivity contribution < 1.29 is 0 Å².